The Morgan fingerprint density at radius 1 is 1.50 bits per heavy atom. The van der Waals surface area contributed by atoms with Gasteiger partial charge in [0.25, 0.3) is 0 Å². The lowest BCUT2D eigenvalue weighted by Gasteiger charge is -2.15. The lowest BCUT2D eigenvalue weighted by molar-refractivity contribution is 0.481. The van der Waals surface area contributed by atoms with Crippen molar-refractivity contribution in [3.8, 4) is 0 Å². The largest absolute Gasteiger partial charge is 0.464 e. The molecule has 0 amide bonds. The number of hydrogen-bond donors (Lipinski definition) is 1. The smallest absolute Gasteiger partial charge is 0.174 e. The maximum atomic E-state index is 5.85. The average molecular weight is 220 g/mol. The minimum absolute atomic E-state index is 0.662. The normalized spacial score (nSPS) is 10.7. The molecule has 2 heterocycles. The number of aryl methyl sites for hydroxylation is 2. The van der Waals surface area contributed by atoms with E-state index in [0.717, 1.165) is 17.3 Å². The SMILES string of the molecule is Cc1ccc(CN(C)c2nn(C)cc2N)o1. The molecule has 2 rings (SSSR count). The highest BCUT2D eigenvalue weighted by Crippen LogP contribution is 2.21. The van der Waals surface area contributed by atoms with Crippen LogP contribution < -0.4 is 10.6 Å². The zero-order valence-electron chi connectivity index (χ0n) is 9.77. The highest BCUT2D eigenvalue weighted by atomic mass is 16.3. The monoisotopic (exact) mass is 220 g/mol. The van der Waals surface area contributed by atoms with Gasteiger partial charge in [-0.1, -0.05) is 0 Å². The van der Waals surface area contributed by atoms with Crippen molar-refractivity contribution in [1.29, 1.82) is 0 Å². The molecular formula is C11H16N4O. The molecule has 0 aliphatic carbocycles. The first-order chi connectivity index (χ1) is 7.56. The highest BCUT2D eigenvalue weighted by Gasteiger charge is 2.11. The van der Waals surface area contributed by atoms with Crippen molar-refractivity contribution in [3.63, 3.8) is 0 Å². The summed E-state index contributed by atoms with van der Waals surface area (Å²) in [6.07, 6.45) is 1.79. The van der Waals surface area contributed by atoms with Crippen LogP contribution in [-0.4, -0.2) is 16.8 Å². The van der Waals surface area contributed by atoms with Gasteiger partial charge in [-0.15, -0.1) is 0 Å². The molecule has 0 bridgehead atoms. The third-order valence-electron chi connectivity index (χ3n) is 2.39. The minimum atomic E-state index is 0.662. The van der Waals surface area contributed by atoms with Crippen molar-refractivity contribution in [2.24, 2.45) is 7.05 Å². The Morgan fingerprint density at radius 3 is 2.75 bits per heavy atom. The van der Waals surface area contributed by atoms with Gasteiger partial charge in [0.15, 0.2) is 5.82 Å². The van der Waals surface area contributed by atoms with Crippen LogP contribution in [0.25, 0.3) is 0 Å². The van der Waals surface area contributed by atoms with Gasteiger partial charge < -0.3 is 15.1 Å². The second-order valence-electron chi connectivity index (χ2n) is 3.95. The van der Waals surface area contributed by atoms with Gasteiger partial charge >= 0.3 is 0 Å². The van der Waals surface area contributed by atoms with Gasteiger partial charge in [-0.2, -0.15) is 5.10 Å². The molecule has 0 unspecified atom stereocenters. The first-order valence-electron chi connectivity index (χ1n) is 5.12. The molecule has 16 heavy (non-hydrogen) atoms. The quantitative estimate of drug-likeness (QED) is 0.852. The minimum Gasteiger partial charge on any atom is -0.464 e. The molecule has 0 radical (unpaired) electrons. The number of aromatic nitrogens is 2. The maximum absolute atomic E-state index is 5.85. The van der Waals surface area contributed by atoms with E-state index in [4.69, 9.17) is 10.2 Å². The van der Waals surface area contributed by atoms with Gasteiger partial charge in [0, 0.05) is 20.3 Å². The first kappa shape index (κ1) is 10.6. The molecule has 5 nitrogen and oxygen atoms in total. The number of hydrogen-bond acceptors (Lipinski definition) is 4. The Kier molecular flexibility index (Phi) is 2.60. The molecule has 0 atom stereocenters. The molecular weight excluding hydrogens is 204 g/mol. The van der Waals surface area contributed by atoms with E-state index in [0.29, 0.717) is 12.2 Å². The second kappa shape index (κ2) is 3.92. The second-order valence-corrected chi connectivity index (χ2v) is 3.95. The van der Waals surface area contributed by atoms with E-state index in [1.165, 1.54) is 0 Å². The maximum Gasteiger partial charge on any atom is 0.174 e. The first-order valence-corrected chi connectivity index (χ1v) is 5.12. The molecule has 5 heteroatoms. The van der Waals surface area contributed by atoms with Crippen LogP contribution in [-0.2, 0) is 13.6 Å². The molecule has 2 N–H and O–H groups in total. The highest BCUT2D eigenvalue weighted by molar-refractivity contribution is 5.61. The van der Waals surface area contributed by atoms with Crippen LogP contribution in [0.4, 0.5) is 11.5 Å². The van der Waals surface area contributed by atoms with Gasteiger partial charge in [-0.3, -0.25) is 4.68 Å². The van der Waals surface area contributed by atoms with Gasteiger partial charge in [-0.05, 0) is 19.1 Å². The number of nitrogen functional groups attached to an aromatic ring is 1. The number of anilines is 2. The molecule has 2 aromatic heterocycles. The Morgan fingerprint density at radius 2 is 2.25 bits per heavy atom. The van der Waals surface area contributed by atoms with Crippen LogP contribution in [0.2, 0.25) is 0 Å². The van der Waals surface area contributed by atoms with Crippen LogP contribution in [0.15, 0.2) is 22.7 Å². The molecule has 0 aliphatic heterocycles. The van der Waals surface area contributed by atoms with Gasteiger partial charge in [-0.25, -0.2) is 0 Å². The summed E-state index contributed by atoms with van der Waals surface area (Å²) in [7, 11) is 3.79. The summed E-state index contributed by atoms with van der Waals surface area (Å²) in [5.41, 5.74) is 6.52. The van der Waals surface area contributed by atoms with E-state index in [1.807, 2.05) is 38.1 Å². The predicted molar refractivity (Wildman–Crippen MR) is 63.2 cm³/mol. The molecule has 0 fully saturated rings. The lowest BCUT2D eigenvalue weighted by atomic mass is 10.4. The van der Waals surface area contributed by atoms with E-state index in [2.05, 4.69) is 5.10 Å². The fourth-order valence-corrected chi connectivity index (χ4v) is 1.67. The summed E-state index contributed by atoms with van der Waals surface area (Å²) >= 11 is 0. The molecule has 2 aromatic rings. The number of rotatable bonds is 3. The fraction of sp³-hybridized carbons (Fsp3) is 0.364. The van der Waals surface area contributed by atoms with Crippen molar-refractivity contribution < 1.29 is 4.42 Å². The Hall–Kier alpha value is -1.91. The Bertz CT molecular complexity index is 486. The lowest BCUT2D eigenvalue weighted by Crippen LogP contribution is -2.17. The number of nitrogens with two attached hydrogens (primary N) is 1. The zero-order chi connectivity index (χ0) is 11.7. The molecule has 86 valence electrons. The average Bonchev–Trinajstić information content (AvgIpc) is 2.73. The van der Waals surface area contributed by atoms with E-state index in [-0.39, 0.29) is 0 Å². The van der Waals surface area contributed by atoms with Crippen molar-refractivity contribution in [3.05, 3.63) is 29.9 Å². The zero-order valence-corrected chi connectivity index (χ0v) is 9.77. The van der Waals surface area contributed by atoms with Crippen molar-refractivity contribution in [1.82, 2.24) is 9.78 Å². The van der Waals surface area contributed by atoms with Gasteiger partial charge in [0.1, 0.15) is 11.5 Å². The van der Waals surface area contributed by atoms with Crippen LogP contribution in [0.1, 0.15) is 11.5 Å². The third-order valence-corrected chi connectivity index (χ3v) is 2.39. The number of furan rings is 1. The Balaban J connectivity index is 2.14. The standard InChI is InChI=1S/C11H16N4O/c1-8-4-5-9(16-8)6-14(2)11-10(12)7-15(3)13-11/h4-5,7H,6,12H2,1-3H3. The summed E-state index contributed by atoms with van der Waals surface area (Å²) in [4.78, 5) is 1.97. The van der Waals surface area contributed by atoms with Crippen LogP contribution in [0, 0.1) is 6.92 Å². The molecule has 0 saturated heterocycles. The fourth-order valence-electron chi connectivity index (χ4n) is 1.67. The van der Waals surface area contributed by atoms with Crippen LogP contribution in [0.3, 0.4) is 0 Å². The molecule has 0 aromatic carbocycles. The van der Waals surface area contributed by atoms with Crippen molar-refractivity contribution >= 4 is 11.5 Å². The number of nitrogens with zero attached hydrogens (tertiary/aromatic N) is 3. The van der Waals surface area contributed by atoms with E-state index >= 15 is 0 Å². The molecule has 0 spiro atoms. The van der Waals surface area contributed by atoms with E-state index < -0.39 is 0 Å². The van der Waals surface area contributed by atoms with Gasteiger partial charge in [0.05, 0.1) is 12.2 Å². The summed E-state index contributed by atoms with van der Waals surface area (Å²) in [5, 5.41) is 4.29. The Labute approximate surface area is 94.4 Å². The van der Waals surface area contributed by atoms with E-state index in [1.54, 1.807) is 10.9 Å². The predicted octanol–water partition coefficient (Wildman–Crippen LogP) is 1.54. The summed E-state index contributed by atoms with van der Waals surface area (Å²) in [5.74, 6) is 2.60. The summed E-state index contributed by atoms with van der Waals surface area (Å²) < 4.78 is 7.21. The van der Waals surface area contributed by atoms with Crippen LogP contribution >= 0.6 is 0 Å². The van der Waals surface area contributed by atoms with Crippen LogP contribution in [0.5, 0.6) is 0 Å². The van der Waals surface area contributed by atoms with Crippen molar-refractivity contribution in [2.75, 3.05) is 17.7 Å². The van der Waals surface area contributed by atoms with Crippen molar-refractivity contribution in [2.45, 2.75) is 13.5 Å². The van der Waals surface area contributed by atoms with Gasteiger partial charge in [0.2, 0.25) is 0 Å². The summed E-state index contributed by atoms with van der Waals surface area (Å²) in [6, 6.07) is 3.91. The summed E-state index contributed by atoms with van der Waals surface area (Å²) in [6.45, 7) is 2.59. The third kappa shape index (κ3) is 2.03. The molecule has 0 aliphatic rings. The van der Waals surface area contributed by atoms with E-state index in [9.17, 15) is 0 Å². The molecule has 0 saturated carbocycles. The topological polar surface area (TPSA) is 60.2 Å².